The van der Waals surface area contributed by atoms with E-state index in [1.807, 2.05) is 13.8 Å². The first-order valence-electron chi connectivity index (χ1n) is 6.51. The molecule has 0 aromatic carbocycles. The first kappa shape index (κ1) is 12.9. The van der Waals surface area contributed by atoms with Crippen LogP contribution in [0.3, 0.4) is 0 Å². The second kappa shape index (κ2) is 4.96. The fraction of sp³-hybridized carbons (Fsp3) is 0.571. The molecule has 18 heavy (non-hydrogen) atoms. The molecule has 98 valence electrons. The molecule has 1 saturated carbocycles. The number of hydrogen-bond acceptors (Lipinski definition) is 2. The number of H-pyrrole nitrogens is 1. The summed E-state index contributed by atoms with van der Waals surface area (Å²) >= 11 is 0. The fourth-order valence-electron chi connectivity index (χ4n) is 2.77. The molecule has 1 heterocycles. The van der Waals surface area contributed by atoms with Crippen LogP contribution < -0.4 is 5.32 Å². The lowest BCUT2D eigenvalue weighted by atomic mass is 10.1. The van der Waals surface area contributed by atoms with Crippen molar-refractivity contribution < 1.29 is 9.59 Å². The van der Waals surface area contributed by atoms with Crippen LogP contribution in [-0.2, 0) is 0 Å². The molecule has 0 spiro atoms. The van der Waals surface area contributed by atoms with Crippen LogP contribution >= 0.6 is 0 Å². The minimum Gasteiger partial charge on any atom is -0.355 e. The van der Waals surface area contributed by atoms with Crippen molar-refractivity contribution in [1.29, 1.82) is 0 Å². The van der Waals surface area contributed by atoms with Crippen LogP contribution in [0.5, 0.6) is 0 Å². The molecule has 4 heteroatoms. The van der Waals surface area contributed by atoms with Crippen LogP contribution in [0.1, 0.15) is 64.7 Å². The van der Waals surface area contributed by atoms with E-state index in [4.69, 9.17) is 0 Å². The smallest absolute Gasteiger partial charge is 0.253 e. The van der Waals surface area contributed by atoms with Crippen molar-refractivity contribution in [2.24, 2.45) is 0 Å². The third-order valence-corrected chi connectivity index (χ3v) is 3.71. The van der Waals surface area contributed by atoms with Gasteiger partial charge in [-0.1, -0.05) is 12.8 Å². The standard InChI is InChI=1S/C14H20N2O2/c1-8-12(9(2)15-13(8)10(3)17)14(18)16-11-6-4-5-7-11/h11,15H,4-7H2,1-3H3,(H,16,18). The average Bonchev–Trinajstić information content (AvgIpc) is 2.86. The van der Waals surface area contributed by atoms with Gasteiger partial charge in [0.15, 0.2) is 5.78 Å². The van der Waals surface area contributed by atoms with Crippen LogP contribution in [0, 0.1) is 13.8 Å². The lowest BCUT2D eigenvalue weighted by Crippen LogP contribution is -2.33. The van der Waals surface area contributed by atoms with Gasteiger partial charge < -0.3 is 10.3 Å². The monoisotopic (exact) mass is 248 g/mol. The summed E-state index contributed by atoms with van der Waals surface area (Å²) in [4.78, 5) is 26.7. The third kappa shape index (κ3) is 2.33. The number of hydrogen-bond donors (Lipinski definition) is 2. The van der Waals surface area contributed by atoms with Crippen molar-refractivity contribution in [1.82, 2.24) is 10.3 Å². The normalized spacial score (nSPS) is 15.9. The highest BCUT2D eigenvalue weighted by atomic mass is 16.2. The van der Waals surface area contributed by atoms with E-state index in [0.29, 0.717) is 17.3 Å². The number of aromatic amines is 1. The number of rotatable bonds is 3. The Kier molecular flexibility index (Phi) is 3.55. The second-order valence-electron chi connectivity index (χ2n) is 5.14. The summed E-state index contributed by atoms with van der Waals surface area (Å²) in [6, 6.07) is 0.298. The number of Topliss-reactive ketones (excluding diaryl/α,β-unsaturated/α-hetero) is 1. The summed E-state index contributed by atoms with van der Waals surface area (Å²) in [6.07, 6.45) is 4.51. The van der Waals surface area contributed by atoms with Gasteiger partial charge in [0, 0.05) is 18.7 Å². The number of ketones is 1. The van der Waals surface area contributed by atoms with E-state index in [2.05, 4.69) is 10.3 Å². The van der Waals surface area contributed by atoms with E-state index >= 15 is 0 Å². The molecule has 1 fully saturated rings. The molecule has 0 unspecified atom stereocenters. The molecule has 1 aromatic rings. The number of carbonyl (C=O) groups excluding carboxylic acids is 2. The summed E-state index contributed by atoms with van der Waals surface area (Å²) in [7, 11) is 0. The van der Waals surface area contributed by atoms with Gasteiger partial charge in [0.1, 0.15) is 0 Å². The van der Waals surface area contributed by atoms with Gasteiger partial charge in [-0.2, -0.15) is 0 Å². The van der Waals surface area contributed by atoms with Gasteiger partial charge in [-0.05, 0) is 32.3 Å². The maximum Gasteiger partial charge on any atom is 0.253 e. The summed E-state index contributed by atoms with van der Waals surface area (Å²) in [5.41, 5.74) is 2.71. The second-order valence-corrected chi connectivity index (χ2v) is 5.14. The zero-order chi connectivity index (χ0) is 13.3. The highest BCUT2D eigenvalue weighted by Gasteiger charge is 2.23. The summed E-state index contributed by atoms with van der Waals surface area (Å²) in [5, 5.41) is 3.06. The lowest BCUT2D eigenvalue weighted by molar-refractivity contribution is 0.0936. The molecule has 0 aliphatic heterocycles. The maximum atomic E-state index is 12.2. The minimum absolute atomic E-state index is 0.0319. The summed E-state index contributed by atoms with van der Waals surface area (Å²) in [5.74, 6) is -0.0869. The van der Waals surface area contributed by atoms with Crippen LogP contribution in [0.4, 0.5) is 0 Å². The SMILES string of the molecule is CC(=O)c1[nH]c(C)c(C(=O)NC2CCCC2)c1C. The number of carbonyl (C=O) groups is 2. The quantitative estimate of drug-likeness (QED) is 0.807. The molecule has 2 N–H and O–H groups in total. The van der Waals surface area contributed by atoms with Gasteiger partial charge >= 0.3 is 0 Å². The molecule has 0 radical (unpaired) electrons. The van der Waals surface area contributed by atoms with Crippen LogP contribution in [0.15, 0.2) is 0 Å². The molecule has 1 aliphatic carbocycles. The Labute approximate surface area is 107 Å². The zero-order valence-corrected chi connectivity index (χ0v) is 11.2. The molecule has 2 rings (SSSR count). The molecular formula is C14H20N2O2. The molecule has 4 nitrogen and oxygen atoms in total. The molecule has 1 amide bonds. The van der Waals surface area contributed by atoms with Crippen molar-refractivity contribution in [2.45, 2.75) is 52.5 Å². The van der Waals surface area contributed by atoms with Gasteiger partial charge in [-0.3, -0.25) is 9.59 Å². The van der Waals surface area contributed by atoms with Gasteiger partial charge in [0.2, 0.25) is 0 Å². The van der Waals surface area contributed by atoms with E-state index in [1.165, 1.54) is 19.8 Å². The van der Waals surface area contributed by atoms with Crippen LogP contribution in [-0.4, -0.2) is 22.7 Å². The molecule has 0 saturated heterocycles. The topological polar surface area (TPSA) is 62.0 Å². The van der Waals surface area contributed by atoms with Gasteiger partial charge in [0.05, 0.1) is 11.3 Å². The predicted molar refractivity (Wildman–Crippen MR) is 70.0 cm³/mol. The Hall–Kier alpha value is -1.58. The predicted octanol–water partition coefficient (Wildman–Crippen LogP) is 2.51. The van der Waals surface area contributed by atoms with Crippen molar-refractivity contribution in [2.75, 3.05) is 0 Å². The summed E-state index contributed by atoms with van der Waals surface area (Å²) < 4.78 is 0. The Morgan fingerprint density at radius 3 is 2.33 bits per heavy atom. The number of nitrogens with one attached hydrogen (secondary N) is 2. The van der Waals surface area contributed by atoms with Crippen LogP contribution in [0.2, 0.25) is 0 Å². The van der Waals surface area contributed by atoms with E-state index in [9.17, 15) is 9.59 Å². The largest absolute Gasteiger partial charge is 0.355 e. The fourth-order valence-corrected chi connectivity index (χ4v) is 2.77. The van der Waals surface area contributed by atoms with E-state index in [0.717, 1.165) is 24.1 Å². The first-order chi connectivity index (χ1) is 8.50. The third-order valence-electron chi connectivity index (χ3n) is 3.71. The highest BCUT2D eigenvalue weighted by Crippen LogP contribution is 2.21. The van der Waals surface area contributed by atoms with Gasteiger partial charge in [-0.25, -0.2) is 0 Å². The van der Waals surface area contributed by atoms with Crippen molar-refractivity contribution >= 4 is 11.7 Å². The molecule has 0 atom stereocenters. The van der Waals surface area contributed by atoms with E-state index in [-0.39, 0.29) is 11.7 Å². The molecule has 1 aliphatic rings. The number of amides is 1. The molecular weight excluding hydrogens is 228 g/mol. The Morgan fingerprint density at radius 1 is 1.22 bits per heavy atom. The number of aryl methyl sites for hydroxylation is 1. The Morgan fingerprint density at radius 2 is 1.83 bits per heavy atom. The van der Waals surface area contributed by atoms with Gasteiger partial charge in [0.25, 0.3) is 5.91 Å². The number of aromatic nitrogens is 1. The van der Waals surface area contributed by atoms with Crippen LogP contribution in [0.25, 0.3) is 0 Å². The average molecular weight is 248 g/mol. The van der Waals surface area contributed by atoms with Crippen molar-refractivity contribution in [3.05, 3.63) is 22.5 Å². The zero-order valence-electron chi connectivity index (χ0n) is 11.2. The molecule has 0 bridgehead atoms. The Bertz CT molecular complexity index is 482. The molecule has 1 aromatic heterocycles. The first-order valence-corrected chi connectivity index (χ1v) is 6.51. The Balaban J connectivity index is 2.21. The van der Waals surface area contributed by atoms with Crippen molar-refractivity contribution in [3.63, 3.8) is 0 Å². The lowest BCUT2D eigenvalue weighted by Gasteiger charge is -2.12. The minimum atomic E-state index is -0.0550. The summed E-state index contributed by atoms with van der Waals surface area (Å²) in [6.45, 7) is 5.17. The van der Waals surface area contributed by atoms with Gasteiger partial charge in [-0.15, -0.1) is 0 Å². The van der Waals surface area contributed by atoms with E-state index in [1.54, 1.807) is 0 Å². The maximum absolute atomic E-state index is 12.2. The highest BCUT2D eigenvalue weighted by molar-refractivity contribution is 6.02. The van der Waals surface area contributed by atoms with Crippen molar-refractivity contribution in [3.8, 4) is 0 Å². The van der Waals surface area contributed by atoms with E-state index < -0.39 is 0 Å².